The van der Waals surface area contributed by atoms with Crippen molar-refractivity contribution in [2.75, 3.05) is 0 Å². The summed E-state index contributed by atoms with van der Waals surface area (Å²) < 4.78 is 28.6. The van der Waals surface area contributed by atoms with Crippen LogP contribution in [0.1, 0.15) is 61.7 Å². The zero-order chi connectivity index (χ0) is 21.4. The maximum atomic E-state index is 12.9. The van der Waals surface area contributed by atoms with Gasteiger partial charge in [-0.05, 0) is 61.6 Å². The number of benzene rings is 1. The van der Waals surface area contributed by atoms with Crippen LogP contribution >= 0.6 is 22.9 Å². The van der Waals surface area contributed by atoms with Crippen molar-refractivity contribution in [1.29, 1.82) is 0 Å². The molecule has 0 amide bonds. The lowest BCUT2D eigenvalue weighted by Gasteiger charge is -2.18. The number of rotatable bonds is 12. The number of halogens is 1. The third-order valence-electron chi connectivity index (χ3n) is 4.54. The lowest BCUT2D eigenvalue weighted by molar-refractivity contribution is -0.137. The van der Waals surface area contributed by atoms with Crippen LogP contribution in [0.3, 0.4) is 0 Å². The van der Waals surface area contributed by atoms with Crippen molar-refractivity contribution in [2.24, 2.45) is 5.92 Å². The minimum Gasteiger partial charge on any atom is -0.481 e. The highest BCUT2D eigenvalue weighted by atomic mass is 35.5. The summed E-state index contributed by atoms with van der Waals surface area (Å²) in [5.74, 6) is -0.248. The summed E-state index contributed by atoms with van der Waals surface area (Å²) >= 11 is 7.42. The van der Waals surface area contributed by atoms with E-state index < -0.39 is 16.0 Å². The maximum Gasteiger partial charge on any atom is 0.303 e. The summed E-state index contributed by atoms with van der Waals surface area (Å²) in [6.07, 6.45) is 4.03. The van der Waals surface area contributed by atoms with Crippen LogP contribution in [0.5, 0.6) is 0 Å². The van der Waals surface area contributed by atoms with E-state index >= 15 is 0 Å². The third-order valence-corrected chi connectivity index (χ3v) is 7.53. The quantitative estimate of drug-likeness (QED) is 0.431. The van der Waals surface area contributed by atoms with E-state index in [-0.39, 0.29) is 17.4 Å². The lowest BCUT2D eigenvalue weighted by Crippen LogP contribution is -2.28. The monoisotopic (exact) mass is 457 g/mol. The van der Waals surface area contributed by atoms with Crippen molar-refractivity contribution >= 4 is 38.9 Å². The highest BCUT2D eigenvalue weighted by molar-refractivity contribution is 7.89. The van der Waals surface area contributed by atoms with Crippen LogP contribution in [0.4, 0.5) is 0 Å². The summed E-state index contributed by atoms with van der Waals surface area (Å²) in [4.78, 5) is 12.9. The molecule has 160 valence electrons. The van der Waals surface area contributed by atoms with Crippen molar-refractivity contribution in [1.82, 2.24) is 4.72 Å². The van der Waals surface area contributed by atoms with E-state index in [1.807, 2.05) is 12.1 Å². The molecule has 29 heavy (non-hydrogen) atoms. The molecular formula is C21H28ClNO4S2. The Kier molecular flexibility index (Phi) is 9.14. The molecule has 2 rings (SSSR count). The average molecular weight is 458 g/mol. The Balaban J connectivity index is 2.15. The highest BCUT2D eigenvalue weighted by Gasteiger charge is 2.23. The fraction of sp³-hybridized carbons (Fsp3) is 0.476. The summed E-state index contributed by atoms with van der Waals surface area (Å²) in [6, 6.07) is 9.74. The minimum atomic E-state index is -3.67. The predicted molar refractivity (Wildman–Crippen MR) is 118 cm³/mol. The molecule has 0 aliphatic carbocycles. The summed E-state index contributed by atoms with van der Waals surface area (Å²) in [5, 5.41) is 9.29. The van der Waals surface area contributed by atoms with Gasteiger partial charge in [-0.1, -0.05) is 38.3 Å². The molecule has 2 N–H and O–H groups in total. The topological polar surface area (TPSA) is 83.5 Å². The molecule has 0 saturated heterocycles. The van der Waals surface area contributed by atoms with Crippen molar-refractivity contribution in [3.05, 3.63) is 51.2 Å². The molecule has 0 radical (unpaired) electrons. The smallest absolute Gasteiger partial charge is 0.303 e. The van der Waals surface area contributed by atoms with Gasteiger partial charge < -0.3 is 5.11 Å². The molecule has 1 heterocycles. The second-order valence-corrected chi connectivity index (χ2v) is 10.9. The molecular weight excluding hydrogens is 430 g/mol. The summed E-state index contributed by atoms with van der Waals surface area (Å²) in [7, 11) is -3.67. The Morgan fingerprint density at radius 1 is 1.10 bits per heavy atom. The number of nitrogens with one attached hydrogen (secondary N) is 1. The molecule has 1 aromatic carbocycles. The van der Waals surface area contributed by atoms with E-state index in [9.17, 15) is 13.2 Å². The molecule has 2 aromatic rings. The van der Waals surface area contributed by atoms with Gasteiger partial charge in [-0.2, -0.15) is 0 Å². The predicted octanol–water partition coefficient (Wildman–Crippen LogP) is 5.65. The first-order chi connectivity index (χ1) is 13.7. The Morgan fingerprint density at radius 2 is 1.79 bits per heavy atom. The second kappa shape index (κ2) is 11.1. The van der Waals surface area contributed by atoms with Crippen molar-refractivity contribution in [2.45, 2.75) is 63.3 Å². The molecule has 0 fully saturated rings. The number of thiophene rings is 1. The van der Waals surface area contributed by atoms with Crippen LogP contribution in [-0.4, -0.2) is 19.5 Å². The SMILES string of the molecule is CC(C)CCCC(NS(=O)(=O)c1ccc(Cl)cc1)c1ccc(CCCC(=O)O)s1. The van der Waals surface area contributed by atoms with E-state index in [1.54, 1.807) is 23.5 Å². The molecule has 0 aliphatic rings. The maximum absolute atomic E-state index is 12.9. The van der Waals surface area contributed by atoms with Gasteiger partial charge in [-0.15, -0.1) is 11.3 Å². The third kappa shape index (κ3) is 8.09. The first kappa shape index (κ1) is 23.9. The van der Waals surface area contributed by atoms with Crippen LogP contribution in [0.25, 0.3) is 0 Å². The molecule has 1 unspecified atom stereocenters. The number of carboxylic acids is 1. The van der Waals surface area contributed by atoms with E-state index in [4.69, 9.17) is 16.7 Å². The number of aliphatic carboxylic acids is 1. The molecule has 5 nitrogen and oxygen atoms in total. The first-order valence-corrected chi connectivity index (χ1v) is 12.4. The number of carboxylic acid groups (broad SMARTS) is 1. The van der Waals surface area contributed by atoms with Crippen LogP contribution < -0.4 is 4.72 Å². The number of sulfonamides is 1. The summed E-state index contributed by atoms with van der Waals surface area (Å²) in [6.45, 7) is 4.30. The molecule has 0 spiro atoms. The van der Waals surface area contributed by atoms with E-state index in [0.29, 0.717) is 30.2 Å². The van der Waals surface area contributed by atoms with Crippen LogP contribution in [0.15, 0.2) is 41.3 Å². The average Bonchev–Trinajstić information content (AvgIpc) is 3.09. The van der Waals surface area contributed by atoms with Crippen LogP contribution in [-0.2, 0) is 21.2 Å². The zero-order valence-electron chi connectivity index (χ0n) is 16.7. The van der Waals surface area contributed by atoms with Gasteiger partial charge in [-0.25, -0.2) is 13.1 Å². The Labute approximate surface area is 182 Å². The number of hydrogen-bond donors (Lipinski definition) is 2. The summed E-state index contributed by atoms with van der Waals surface area (Å²) in [5.41, 5.74) is 0. The normalized spacial score (nSPS) is 13.0. The van der Waals surface area contributed by atoms with E-state index in [1.165, 1.54) is 12.1 Å². The number of carbonyl (C=O) groups is 1. The minimum absolute atomic E-state index is 0.133. The van der Waals surface area contributed by atoms with Crippen molar-refractivity contribution < 1.29 is 18.3 Å². The first-order valence-electron chi connectivity index (χ1n) is 9.75. The molecule has 0 saturated carbocycles. The lowest BCUT2D eigenvalue weighted by atomic mass is 10.0. The standard InChI is InChI=1S/C21H28ClNO4S2/c1-15(2)5-3-7-19(20-14-11-17(28-20)6-4-8-21(24)25)23-29(26,27)18-12-9-16(22)10-13-18/h9-15,19,23H,3-8H2,1-2H3,(H,24,25). The zero-order valence-corrected chi connectivity index (χ0v) is 19.1. The molecule has 0 aliphatic heterocycles. The second-order valence-electron chi connectivity index (χ2n) is 7.50. The van der Waals surface area contributed by atoms with Crippen molar-refractivity contribution in [3.8, 4) is 0 Å². The van der Waals surface area contributed by atoms with Crippen molar-refractivity contribution in [3.63, 3.8) is 0 Å². The van der Waals surface area contributed by atoms with Gasteiger partial charge in [0, 0.05) is 21.2 Å². The molecule has 0 bridgehead atoms. The number of aryl methyl sites for hydroxylation is 1. The Morgan fingerprint density at radius 3 is 2.41 bits per heavy atom. The highest BCUT2D eigenvalue weighted by Crippen LogP contribution is 2.30. The largest absolute Gasteiger partial charge is 0.481 e. The van der Waals surface area contributed by atoms with E-state index in [0.717, 1.165) is 22.6 Å². The van der Waals surface area contributed by atoms with Gasteiger partial charge >= 0.3 is 5.97 Å². The van der Waals surface area contributed by atoms with Crippen LogP contribution in [0.2, 0.25) is 5.02 Å². The van der Waals surface area contributed by atoms with Gasteiger partial charge in [0.15, 0.2) is 0 Å². The molecule has 1 aromatic heterocycles. The molecule has 1 atom stereocenters. The van der Waals surface area contributed by atoms with Gasteiger partial charge in [0.05, 0.1) is 10.9 Å². The van der Waals surface area contributed by atoms with Gasteiger partial charge in [0.1, 0.15) is 0 Å². The van der Waals surface area contributed by atoms with Crippen LogP contribution in [0, 0.1) is 5.92 Å². The van der Waals surface area contributed by atoms with Gasteiger partial charge in [-0.3, -0.25) is 4.79 Å². The Bertz CT molecular complexity index is 892. The fourth-order valence-electron chi connectivity index (χ4n) is 2.99. The molecule has 8 heteroatoms. The van der Waals surface area contributed by atoms with Gasteiger partial charge in [0.2, 0.25) is 10.0 Å². The van der Waals surface area contributed by atoms with E-state index in [2.05, 4.69) is 18.6 Å². The fourth-order valence-corrected chi connectivity index (χ4v) is 5.58. The number of hydrogen-bond acceptors (Lipinski definition) is 4. The Hall–Kier alpha value is -1.41. The van der Waals surface area contributed by atoms with Gasteiger partial charge in [0.25, 0.3) is 0 Å².